The fourth-order valence-corrected chi connectivity index (χ4v) is 2.42. The molecule has 0 aromatic heterocycles. The number of nitrogens with one attached hydrogen (secondary N) is 1. The van der Waals surface area contributed by atoms with Gasteiger partial charge >= 0.3 is 0 Å². The first-order valence-corrected chi connectivity index (χ1v) is 6.49. The Balaban J connectivity index is 3.03. The maximum absolute atomic E-state index is 11.8. The quantitative estimate of drug-likeness (QED) is 0.385. The topological polar surface area (TPSA) is 115 Å². The summed E-state index contributed by atoms with van der Waals surface area (Å²) in [5, 5.41) is 0. The van der Waals surface area contributed by atoms with E-state index in [1.165, 1.54) is 18.2 Å². The van der Waals surface area contributed by atoms with Crippen molar-refractivity contribution in [3.63, 3.8) is 0 Å². The van der Waals surface area contributed by atoms with E-state index in [0.29, 0.717) is 0 Å². The normalized spacial score (nSPS) is 10.8. The molecule has 96 valence electrons. The Morgan fingerprint density at radius 1 is 1.44 bits per heavy atom. The molecule has 1 amide bonds. The molecule has 1 aromatic rings. The maximum atomic E-state index is 11.8. The van der Waals surface area contributed by atoms with Crippen LogP contribution in [0.5, 0.6) is 0 Å². The molecule has 5 N–H and O–H groups in total. The number of carbonyl (C=O) groups excluding carboxylic acids is 1. The lowest BCUT2D eigenvalue weighted by Gasteiger charge is -2.08. The number of sulfonamides is 1. The van der Waals surface area contributed by atoms with Crippen LogP contribution in [0.4, 0.5) is 5.69 Å². The Kier molecular flexibility index (Phi) is 4.31. The summed E-state index contributed by atoms with van der Waals surface area (Å²) in [6.07, 6.45) is 5.30. The van der Waals surface area contributed by atoms with Gasteiger partial charge in [0.15, 0.2) is 0 Å². The smallest absolute Gasteiger partial charge is 0.248 e. The van der Waals surface area contributed by atoms with Crippen molar-refractivity contribution in [3.05, 3.63) is 23.8 Å². The molecule has 0 saturated carbocycles. The molecule has 0 aliphatic rings. The minimum Gasteiger partial charge on any atom is -0.398 e. The van der Waals surface area contributed by atoms with E-state index in [4.69, 9.17) is 17.9 Å². The second-order valence-corrected chi connectivity index (χ2v) is 5.20. The Hall–Kier alpha value is -2.04. The number of rotatable bonds is 5. The average molecular weight is 267 g/mol. The van der Waals surface area contributed by atoms with Crippen molar-refractivity contribution >= 4 is 21.6 Å². The van der Waals surface area contributed by atoms with Crippen LogP contribution in [0.15, 0.2) is 23.1 Å². The third-order valence-electron chi connectivity index (χ3n) is 2.15. The second-order valence-electron chi connectivity index (χ2n) is 3.47. The highest BCUT2D eigenvalue weighted by Crippen LogP contribution is 2.19. The minimum absolute atomic E-state index is 0.0421. The van der Waals surface area contributed by atoms with Gasteiger partial charge in [-0.2, -0.15) is 0 Å². The number of amides is 1. The van der Waals surface area contributed by atoms with Crippen LogP contribution >= 0.6 is 0 Å². The molecule has 18 heavy (non-hydrogen) atoms. The number of nitrogen functional groups attached to an aromatic ring is 1. The average Bonchev–Trinajstić information content (AvgIpc) is 2.28. The molecule has 0 radical (unpaired) electrons. The van der Waals surface area contributed by atoms with Crippen LogP contribution in [-0.2, 0) is 10.0 Å². The van der Waals surface area contributed by atoms with Gasteiger partial charge in [0, 0.05) is 18.5 Å². The molecule has 1 rings (SSSR count). The largest absolute Gasteiger partial charge is 0.398 e. The molecule has 0 fully saturated rings. The SMILES string of the molecule is C#CCCNS(=O)(=O)c1ccc(C(N)=O)cc1N. The van der Waals surface area contributed by atoms with E-state index in [1.807, 2.05) is 0 Å². The van der Waals surface area contributed by atoms with Crippen molar-refractivity contribution in [1.82, 2.24) is 4.72 Å². The number of anilines is 1. The van der Waals surface area contributed by atoms with E-state index in [-0.39, 0.29) is 29.1 Å². The van der Waals surface area contributed by atoms with Crippen molar-refractivity contribution in [2.45, 2.75) is 11.3 Å². The lowest BCUT2D eigenvalue weighted by Crippen LogP contribution is -2.25. The predicted molar refractivity (Wildman–Crippen MR) is 68.0 cm³/mol. The number of carbonyl (C=O) groups is 1. The summed E-state index contributed by atoms with van der Waals surface area (Å²) >= 11 is 0. The van der Waals surface area contributed by atoms with Crippen LogP contribution in [0.1, 0.15) is 16.8 Å². The molecule has 1 aromatic carbocycles. The van der Waals surface area contributed by atoms with Gasteiger partial charge in [0.2, 0.25) is 15.9 Å². The molecule has 0 heterocycles. The number of nitrogens with two attached hydrogens (primary N) is 2. The third-order valence-corrected chi connectivity index (χ3v) is 3.68. The van der Waals surface area contributed by atoms with E-state index in [9.17, 15) is 13.2 Å². The van der Waals surface area contributed by atoms with Crippen LogP contribution in [0, 0.1) is 12.3 Å². The molecule has 0 bridgehead atoms. The predicted octanol–water partition coefficient (Wildman–Crippen LogP) is -0.331. The Labute approximate surface area is 105 Å². The molecule has 0 aliphatic heterocycles. The Morgan fingerprint density at radius 2 is 2.11 bits per heavy atom. The number of terminal acetylenes is 1. The van der Waals surface area contributed by atoms with Crippen molar-refractivity contribution in [2.24, 2.45) is 5.73 Å². The summed E-state index contributed by atoms with van der Waals surface area (Å²) in [6.45, 7) is 0.121. The summed E-state index contributed by atoms with van der Waals surface area (Å²) in [5.41, 5.74) is 10.7. The molecule has 0 unspecified atom stereocenters. The van der Waals surface area contributed by atoms with Crippen LogP contribution < -0.4 is 16.2 Å². The first-order chi connectivity index (χ1) is 8.38. The van der Waals surface area contributed by atoms with Crippen molar-refractivity contribution in [3.8, 4) is 12.3 Å². The minimum atomic E-state index is -3.73. The zero-order chi connectivity index (χ0) is 13.8. The van der Waals surface area contributed by atoms with Crippen molar-refractivity contribution in [1.29, 1.82) is 0 Å². The van der Waals surface area contributed by atoms with Crippen LogP contribution in [0.2, 0.25) is 0 Å². The molecular formula is C11H13N3O3S. The van der Waals surface area contributed by atoms with Gasteiger partial charge in [0.05, 0.1) is 5.69 Å². The zero-order valence-electron chi connectivity index (χ0n) is 9.51. The standard InChI is InChI=1S/C11H13N3O3S/c1-2-3-6-14-18(16,17)10-5-4-8(11(13)15)7-9(10)12/h1,4-5,7,14H,3,6,12H2,(H2,13,15). The molecule has 0 saturated heterocycles. The highest BCUT2D eigenvalue weighted by atomic mass is 32.2. The van der Waals surface area contributed by atoms with Gasteiger partial charge in [-0.25, -0.2) is 13.1 Å². The third kappa shape index (κ3) is 3.23. The van der Waals surface area contributed by atoms with Gasteiger partial charge in [-0.05, 0) is 18.2 Å². The van der Waals surface area contributed by atoms with E-state index in [2.05, 4.69) is 10.6 Å². The molecule has 6 nitrogen and oxygen atoms in total. The summed E-state index contributed by atoms with van der Waals surface area (Å²) in [4.78, 5) is 10.8. The van der Waals surface area contributed by atoms with Gasteiger partial charge in [0.25, 0.3) is 0 Å². The van der Waals surface area contributed by atoms with E-state index < -0.39 is 15.9 Å². The van der Waals surface area contributed by atoms with Crippen LogP contribution in [-0.4, -0.2) is 20.9 Å². The Morgan fingerprint density at radius 3 is 2.61 bits per heavy atom. The number of hydrogen-bond acceptors (Lipinski definition) is 4. The lowest BCUT2D eigenvalue weighted by atomic mass is 10.2. The second kappa shape index (κ2) is 5.53. The summed E-state index contributed by atoms with van der Waals surface area (Å²) in [7, 11) is -3.73. The van der Waals surface area contributed by atoms with Gasteiger partial charge in [-0.1, -0.05) is 0 Å². The van der Waals surface area contributed by atoms with Gasteiger partial charge < -0.3 is 11.5 Å². The molecular weight excluding hydrogens is 254 g/mol. The first-order valence-electron chi connectivity index (χ1n) is 5.01. The lowest BCUT2D eigenvalue weighted by molar-refractivity contribution is 0.1000. The van der Waals surface area contributed by atoms with E-state index >= 15 is 0 Å². The van der Waals surface area contributed by atoms with Crippen LogP contribution in [0.3, 0.4) is 0 Å². The number of benzene rings is 1. The first kappa shape index (κ1) is 14.0. The summed E-state index contributed by atoms with van der Waals surface area (Å²) < 4.78 is 26.0. The van der Waals surface area contributed by atoms with Crippen molar-refractivity contribution < 1.29 is 13.2 Å². The van der Waals surface area contributed by atoms with E-state index in [1.54, 1.807) is 0 Å². The molecule has 0 atom stereocenters. The number of hydrogen-bond donors (Lipinski definition) is 3. The fourth-order valence-electron chi connectivity index (χ4n) is 1.28. The van der Waals surface area contributed by atoms with Gasteiger partial charge in [-0.15, -0.1) is 12.3 Å². The Bertz CT molecular complexity index is 602. The monoisotopic (exact) mass is 267 g/mol. The van der Waals surface area contributed by atoms with E-state index in [0.717, 1.165) is 0 Å². The summed E-state index contributed by atoms with van der Waals surface area (Å²) in [6, 6.07) is 3.75. The fraction of sp³-hybridized carbons (Fsp3) is 0.182. The highest BCUT2D eigenvalue weighted by Gasteiger charge is 2.17. The molecule has 0 aliphatic carbocycles. The molecule has 7 heteroatoms. The van der Waals surface area contributed by atoms with Gasteiger partial charge in [-0.3, -0.25) is 4.79 Å². The van der Waals surface area contributed by atoms with Gasteiger partial charge in [0.1, 0.15) is 4.90 Å². The maximum Gasteiger partial charge on any atom is 0.248 e. The number of primary amides is 1. The highest BCUT2D eigenvalue weighted by molar-refractivity contribution is 7.89. The zero-order valence-corrected chi connectivity index (χ0v) is 10.3. The summed E-state index contributed by atoms with van der Waals surface area (Å²) in [5.74, 6) is 1.64. The molecule has 0 spiro atoms. The van der Waals surface area contributed by atoms with Crippen molar-refractivity contribution in [2.75, 3.05) is 12.3 Å². The van der Waals surface area contributed by atoms with Crippen LogP contribution in [0.25, 0.3) is 0 Å².